The molecule has 0 aliphatic carbocycles. The maximum absolute atomic E-state index is 12.3. The van der Waals surface area contributed by atoms with E-state index in [1.165, 1.54) is 0 Å². The summed E-state index contributed by atoms with van der Waals surface area (Å²) in [6, 6.07) is 1.11. The van der Waals surface area contributed by atoms with Gasteiger partial charge in [0.1, 0.15) is 5.65 Å². The second kappa shape index (κ2) is 2.73. The van der Waals surface area contributed by atoms with Gasteiger partial charge in [0, 0.05) is 17.8 Å². The number of alkyl halides is 3. The second-order valence-electron chi connectivity index (χ2n) is 3.09. The van der Waals surface area contributed by atoms with Crippen LogP contribution in [0.3, 0.4) is 0 Å². The number of rotatable bonds is 0. The van der Waals surface area contributed by atoms with Gasteiger partial charge >= 0.3 is 6.18 Å². The van der Waals surface area contributed by atoms with E-state index in [4.69, 9.17) is 0 Å². The molecule has 0 aromatic carbocycles. The normalized spacial score (nSPS) is 12.3. The minimum Gasteiger partial charge on any atom is -0.346 e. The van der Waals surface area contributed by atoms with Gasteiger partial charge in [-0.15, -0.1) is 0 Å². The molecule has 0 aliphatic rings. The number of hydrogen-bond donors (Lipinski definition) is 1. The summed E-state index contributed by atoms with van der Waals surface area (Å²) in [5.74, 6) is 0. The van der Waals surface area contributed by atoms with Crippen molar-refractivity contribution >= 4 is 11.0 Å². The van der Waals surface area contributed by atoms with Crippen LogP contribution in [0.1, 0.15) is 11.1 Å². The summed E-state index contributed by atoms with van der Waals surface area (Å²) < 4.78 is 36.9. The molecule has 5 heteroatoms. The Bertz CT molecular complexity index is 470. The summed E-state index contributed by atoms with van der Waals surface area (Å²) >= 11 is 0. The number of hydrogen-bond acceptors (Lipinski definition) is 1. The molecule has 0 spiro atoms. The highest BCUT2D eigenvalue weighted by atomic mass is 19.4. The summed E-state index contributed by atoms with van der Waals surface area (Å²) in [5.41, 5.74) is 0.529. The van der Waals surface area contributed by atoms with Crippen molar-refractivity contribution in [2.75, 3.05) is 0 Å². The van der Waals surface area contributed by atoms with E-state index in [-0.39, 0.29) is 0 Å². The van der Waals surface area contributed by atoms with E-state index in [1.807, 2.05) is 0 Å². The summed E-state index contributed by atoms with van der Waals surface area (Å²) in [7, 11) is 0. The van der Waals surface area contributed by atoms with E-state index in [1.54, 1.807) is 13.1 Å². The van der Waals surface area contributed by atoms with Crippen molar-refractivity contribution in [3.05, 3.63) is 29.6 Å². The molecule has 0 saturated heterocycles. The Morgan fingerprint density at radius 3 is 2.71 bits per heavy atom. The molecular weight excluding hydrogens is 193 g/mol. The second-order valence-corrected chi connectivity index (χ2v) is 3.09. The molecule has 0 aliphatic heterocycles. The molecule has 2 rings (SSSR count). The zero-order chi connectivity index (χ0) is 10.3. The minimum atomic E-state index is -4.33. The van der Waals surface area contributed by atoms with Crippen LogP contribution in [-0.4, -0.2) is 9.97 Å². The Balaban J connectivity index is 2.66. The van der Waals surface area contributed by atoms with Crippen LogP contribution in [0.2, 0.25) is 0 Å². The van der Waals surface area contributed by atoms with Gasteiger partial charge in [0.25, 0.3) is 0 Å². The van der Waals surface area contributed by atoms with Crippen LogP contribution < -0.4 is 0 Å². The van der Waals surface area contributed by atoms with Crippen LogP contribution in [0.15, 0.2) is 18.5 Å². The molecule has 0 radical (unpaired) electrons. The third-order valence-corrected chi connectivity index (χ3v) is 2.07. The van der Waals surface area contributed by atoms with Crippen LogP contribution >= 0.6 is 0 Å². The zero-order valence-corrected chi connectivity index (χ0v) is 7.31. The van der Waals surface area contributed by atoms with Crippen LogP contribution in [0, 0.1) is 6.92 Å². The van der Waals surface area contributed by atoms with Crippen molar-refractivity contribution in [3.8, 4) is 0 Å². The number of halogens is 3. The highest BCUT2D eigenvalue weighted by Crippen LogP contribution is 2.30. The first kappa shape index (κ1) is 9.05. The highest BCUT2D eigenvalue weighted by molar-refractivity contribution is 5.79. The molecule has 0 atom stereocenters. The quantitative estimate of drug-likeness (QED) is 0.695. The largest absolute Gasteiger partial charge is 0.417 e. The molecule has 14 heavy (non-hydrogen) atoms. The van der Waals surface area contributed by atoms with Gasteiger partial charge in [0.15, 0.2) is 0 Å². The lowest BCUT2D eigenvalue weighted by Crippen LogP contribution is -2.05. The number of pyridine rings is 1. The number of aromatic nitrogens is 2. The van der Waals surface area contributed by atoms with E-state index in [2.05, 4.69) is 9.97 Å². The molecular formula is C9H7F3N2. The number of aryl methyl sites for hydroxylation is 1. The first-order chi connectivity index (χ1) is 6.48. The van der Waals surface area contributed by atoms with Gasteiger partial charge in [-0.3, -0.25) is 0 Å². The molecule has 0 fully saturated rings. The fraction of sp³-hybridized carbons (Fsp3) is 0.222. The summed E-state index contributed by atoms with van der Waals surface area (Å²) in [5, 5.41) is 0.514. The lowest BCUT2D eigenvalue weighted by atomic mass is 10.2. The van der Waals surface area contributed by atoms with Gasteiger partial charge in [-0.05, 0) is 18.6 Å². The molecule has 1 N–H and O–H groups in total. The van der Waals surface area contributed by atoms with Crippen LogP contribution in [0.25, 0.3) is 11.0 Å². The molecule has 2 aromatic rings. The standard InChI is InChI=1S/C9H7F3N2/c1-5-3-13-8-7(5)2-6(4-14-8)9(10,11)12/h2-4H,1H3,(H,13,14). The SMILES string of the molecule is Cc1c[nH]c2ncc(C(F)(F)F)cc12. The Morgan fingerprint density at radius 1 is 1.36 bits per heavy atom. The fourth-order valence-electron chi connectivity index (χ4n) is 1.29. The highest BCUT2D eigenvalue weighted by Gasteiger charge is 2.31. The predicted molar refractivity (Wildman–Crippen MR) is 45.8 cm³/mol. The minimum absolute atomic E-state index is 0.482. The van der Waals surface area contributed by atoms with Gasteiger partial charge in [0.2, 0.25) is 0 Å². The van der Waals surface area contributed by atoms with Crippen LogP contribution in [0.4, 0.5) is 13.2 Å². The molecule has 0 unspecified atom stereocenters. The fourth-order valence-corrected chi connectivity index (χ4v) is 1.29. The first-order valence-electron chi connectivity index (χ1n) is 3.99. The van der Waals surface area contributed by atoms with Gasteiger partial charge < -0.3 is 4.98 Å². The number of nitrogens with zero attached hydrogens (tertiary/aromatic N) is 1. The lowest BCUT2D eigenvalue weighted by molar-refractivity contribution is -0.137. The smallest absolute Gasteiger partial charge is 0.346 e. The molecule has 2 aromatic heterocycles. The van der Waals surface area contributed by atoms with Gasteiger partial charge in [-0.1, -0.05) is 0 Å². The van der Waals surface area contributed by atoms with Crippen molar-refractivity contribution in [1.29, 1.82) is 0 Å². The van der Waals surface area contributed by atoms with Crippen molar-refractivity contribution in [2.24, 2.45) is 0 Å². The molecule has 0 saturated carbocycles. The van der Waals surface area contributed by atoms with Gasteiger partial charge in [-0.25, -0.2) is 4.98 Å². The predicted octanol–water partition coefficient (Wildman–Crippen LogP) is 2.89. The average Bonchev–Trinajstić information content (AvgIpc) is 2.46. The van der Waals surface area contributed by atoms with Crippen molar-refractivity contribution in [3.63, 3.8) is 0 Å². The van der Waals surface area contributed by atoms with Crippen molar-refractivity contribution in [2.45, 2.75) is 13.1 Å². The molecule has 2 heterocycles. The van der Waals surface area contributed by atoms with Gasteiger partial charge in [0.05, 0.1) is 5.56 Å². The van der Waals surface area contributed by atoms with Crippen LogP contribution in [0.5, 0.6) is 0 Å². The lowest BCUT2D eigenvalue weighted by Gasteiger charge is -2.05. The monoisotopic (exact) mass is 200 g/mol. The Labute approximate surface area is 77.8 Å². The maximum Gasteiger partial charge on any atom is 0.417 e. The van der Waals surface area contributed by atoms with Crippen LogP contribution in [-0.2, 0) is 6.18 Å². The molecule has 0 bridgehead atoms. The van der Waals surface area contributed by atoms with Crippen molar-refractivity contribution in [1.82, 2.24) is 9.97 Å². The summed E-state index contributed by atoms with van der Waals surface area (Å²) in [4.78, 5) is 6.48. The van der Waals surface area contributed by atoms with E-state index >= 15 is 0 Å². The zero-order valence-electron chi connectivity index (χ0n) is 7.31. The number of fused-ring (bicyclic) bond motifs is 1. The molecule has 2 nitrogen and oxygen atoms in total. The Morgan fingerprint density at radius 2 is 2.07 bits per heavy atom. The van der Waals surface area contributed by atoms with E-state index < -0.39 is 11.7 Å². The van der Waals surface area contributed by atoms with Gasteiger partial charge in [-0.2, -0.15) is 13.2 Å². The van der Waals surface area contributed by atoms with Crippen molar-refractivity contribution < 1.29 is 13.2 Å². The third-order valence-electron chi connectivity index (χ3n) is 2.07. The first-order valence-corrected chi connectivity index (χ1v) is 3.99. The summed E-state index contributed by atoms with van der Waals surface area (Å²) in [6.07, 6.45) is -1.86. The number of H-pyrrole nitrogens is 1. The van der Waals surface area contributed by atoms with E-state index in [9.17, 15) is 13.2 Å². The topological polar surface area (TPSA) is 28.7 Å². The number of nitrogens with one attached hydrogen (secondary N) is 1. The van der Waals surface area contributed by atoms with E-state index in [0.29, 0.717) is 11.0 Å². The third kappa shape index (κ3) is 1.34. The average molecular weight is 200 g/mol. The maximum atomic E-state index is 12.3. The molecule has 74 valence electrons. The van der Waals surface area contributed by atoms with E-state index in [0.717, 1.165) is 17.8 Å². The number of aromatic amines is 1. The summed E-state index contributed by atoms with van der Waals surface area (Å²) in [6.45, 7) is 1.74. The Hall–Kier alpha value is -1.52. The Kier molecular flexibility index (Phi) is 1.77. The molecule has 0 amide bonds.